The van der Waals surface area contributed by atoms with E-state index in [9.17, 15) is 0 Å². The molecule has 1 aromatic rings. The highest BCUT2D eigenvalue weighted by molar-refractivity contribution is 7.15. The first-order chi connectivity index (χ1) is 8.83. The standard InChI is InChI=1S/C13H21N3OS/c1-10-14-15-13(18-10)16-7-8-17-12(9-16)11-5-3-2-4-6-11/h11-12H,2-9H2,1H3/t12-/m0/s1. The first kappa shape index (κ1) is 12.4. The molecule has 1 saturated carbocycles. The third kappa shape index (κ3) is 2.67. The number of hydrogen-bond donors (Lipinski definition) is 0. The Morgan fingerprint density at radius 2 is 2.06 bits per heavy atom. The first-order valence-electron chi connectivity index (χ1n) is 6.99. The average Bonchev–Trinajstić information content (AvgIpc) is 2.87. The van der Waals surface area contributed by atoms with Crippen LogP contribution in [-0.2, 0) is 4.74 Å². The molecule has 0 amide bonds. The van der Waals surface area contributed by atoms with Crippen LogP contribution in [0.3, 0.4) is 0 Å². The van der Waals surface area contributed by atoms with Gasteiger partial charge >= 0.3 is 0 Å². The minimum absolute atomic E-state index is 0.406. The fourth-order valence-corrected chi connectivity index (χ4v) is 3.78. The van der Waals surface area contributed by atoms with Gasteiger partial charge < -0.3 is 9.64 Å². The summed E-state index contributed by atoms with van der Waals surface area (Å²) in [5, 5.41) is 10.5. The molecule has 4 nitrogen and oxygen atoms in total. The van der Waals surface area contributed by atoms with Crippen LogP contribution >= 0.6 is 11.3 Å². The number of aryl methyl sites for hydroxylation is 1. The maximum atomic E-state index is 5.99. The van der Waals surface area contributed by atoms with Crippen LogP contribution in [0.2, 0.25) is 0 Å². The second kappa shape index (κ2) is 5.53. The lowest BCUT2D eigenvalue weighted by Crippen LogP contribution is -2.46. The smallest absolute Gasteiger partial charge is 0.208 e. The van der Waals surface area contributed by atoms with E-state index in [2.05, 4.69) is 15.1 Å². The van der Waals surface area contributed by atoms with Gasteiger partial charge in [0.2, 0.25) is 5.13 Å². The molecule has 0 aromatic carbocycles. The van der Waals surface area contributed by atoms with Crippen molar-refractivity contribution >= 4 is 16.5 Å². The largest absolute Gasteiger partial charge is 0.374 e. The van der Waals surface area contributed by atoms with Crippen LogP contribution < -0.4 is 4.90 Å². The molecular weight excluding hydrogens is 246 g/mol. The van der Waals surface area contributed by atoms with Crippen LogP contribution in [-0.4, -0.2) is 36.0 Å². The molecule has 0 unspecified atom stereocenters. The molecule has 0 spiro atoms. The lowest BCUT2D eigenvalue weighted by Gasteiger charge is -2.38. The van der Waals surface area contributed by atoms with Crippen LogP contribution in [0.25, 0.3) is 0 Å². The molecule has 5 heteroatoms. The third-order valence-corrected chi connectivity index (χ3v) is 4.95. The minimum atomic E-state index is 0.406. The van der Waals surface area contributed by atoms with E-state index in [4.69, 9.17) is 4.74 Å². The van der Waals surface area contributed by atoms with Gasteiger partial charge in [0.15, 0.2) is 0 Å². The second-order valence-electron chi connectivity index (χ2n) is 5.36. The summed E-state index contributed by atoms with van der Waals surface area (Å²) < 4.78 is 5.99. The molecule has 2 fully saturated rings. The molecule has 1 aliphatic carbocycles. The summed E-state index contributed by atoms with van der Waals surface area (Å²) in [6.45, 7) is 4.80. The summed E-state index contributed by atoms with van der Waals surface area (Å²) in [4.78, 5) is 2.35. The number of rotatable bonds is 2. The summed E-state index contributed by atoms with van der Waals surface area (Å²) in [7, 11) is 0. The maximum Gasteiger partial charge on any atom is 0.208 e. The van der Waals surface area contributed by atoms with Crippen LogP contribution in [0.5, 0.6) is 0 Å². The van der Waals surface area contributed by atoms with E-state index in [1.165, 1.54) is 32.1 Å². The molecule has 2 aliphatic rings. The fraction of sp³-hybridized carbons (Fsp3) is 0.846. The fourth-order valence-electron chi connectivity index (χ4n) is 3.05. The maximum absolute atomic E-state index is 5.99. The van der Waals surface area contributed by atoms with E-state index < -0.39 is 0 Å². The number of anilines is 1. The zero-order valence-corrected chi connectivity index (χ0v) is 11.8. The number of aromatic nitrogens is 2. The Kier molecular flexibility index (Phi) is 3.80. The molecule has 0 bridgehead atoms. The van der Waals surface area contributed by atoms with Gasteiger partial charge in [-0.05, 0) is 25.7 Å². The van der Waals surface area contributed by atoms with Crippen molar-refractivity contribution in [2.45, 2.75) is 45.1 Å². The molecule has 18 heavy (non-hydrogen) atoms. The van der Waals surface area contributed by atoms with Gasteiger partial charge in [0.1, 0.15) is 5.01 Å². The topological polar surface area (TPSA) is 38.2 Å². The molecule has 0 N–H and O–H groups in total. The van der Waals surface area contributed by atoms with E-state index in [0.29, 0.717) is 6.10 Å². The Morgan fingerprint density at radius 3 is 2.78 bits per heavy atom. The van der Waals surface area contributed by atoms with Crippen LogP contribution in [0.15, 0.2) is 0 Å². The highest BCUT2D eigenvalue weighted by Crippen LogP contribution is 2.31. The minimum Gasteiger partial charge on any atom is -0.374 e. The summed E-state index contributed by atoms with van der Waals surface area (Å²) >= 11 is 1.69. The van der Waals surface area contributed by atoms with Gasteiger partial charge in [0.25, 0.3) is 0 Å². The van der Waals surface area contributed by atoms with Crippen molar-refractivity contribution in [2.24, 2.45) is 5.92 Å². The highest BCUT2D eigenvalue weighted by Gasteiger charge is 2.30. The SMILES string of the molecule is Cc1nnc(N2CCO[C@H](C3CCCCC3)C2)s1. The van der Waals surface area contributed by atoms with Crippen LogP contribution in [0.1, 0.15) is 37.1 Å². The van der Waals surface area contributed by atoms with E-state index in [0.717, 1.165) is 35.8 Å². The molecule has 1 aromatic heterocycles. The molecule has 0 radical (unpaired) electrons. The predicted molar refractivity (Wildman–Crippen MR) is 73.2 cm³/mol. The second-order valence-corrected chi connectivity index (χ2v) is 6.52. The Balaban J connectivity index is 1.64. The van der Waals surface area contributed by atoms with E-state index in [1.54, 1.807) is 11.3 Å². The lowest BCUT2D eigenvalue weighted by atomic mass is 9.84. The average molecular weight is 267 g/mol. The Hall–Kier alpha value is -0.680. The molecule has 1 atom stereocenters. The van der Waals surface area contributed by atoms with E-state index in [1.807, 2.05) is 6.92 Å². The van der Waals surface area contributed by atoms with Gasteiger partial charge in [0, 0.05) is 13.1 Å². The highest BCUT2D eigenvalue weighted by atomic mass is 32.1. The molecule has 1 saturated heterocycles. The predicted octanol–water partition coefficient (Wildman–Crippen LogP) is 2.63. The summed E-state index contributed by atoms with van der Waals surface area (Å²) in [5.41, 5.74) is 0. The van der Waals surface area contributed by atoms with E-state index in [-0.39, 0.29) is 0 Å². The third-order valence-electron chi connectivity index (χ3n) is 4.05. The summed E-state index contributed by atoms with van der Waals surface area (Å²) in [5.74, 6) is 0.760. The quantitative estimate of drug-likeness (QED) is 0.825. The van der Waals surface area contributed by atoms with Gasteiger partial charge in [-0.25, -0.2) is 0 Å². The van der Waals surface area contributed by atoms with Gasteiger partial charge in [-0.3, -0.25) is 0 Å². The van der Waals surface area contributed by atoms with Crippen molar-refractivity contribution in [3.05, 3.63) is 5.01 Å². The van der Waals surface area contributed by atoms with Gasteiger partial charge in [0.05, 0.1) is 12.7 Å². The monoisotopic (exact) mass is 267 g/mol. The van der Waals surface area contributed by atoms with Crippen molar-refractivity contribution in [3.63, 3.8) is 0 Å². The zero-order chi connectivity index (χ0) is 12.4. The van der Waals surface area contributed by atoms with Crippen LogP contribution in [0, 0.1) is 12.8 Å². The van der Waals surface area contributed by atoms with Crippen molar-refractivity contribution in [1.82, 2.24) is 10.2 Å². The first-order valence-corrected chi connectivity index (χ1v) is 7.81. The summed E-state index contributed by atoms with van der Waals surface area (Å²) in [6.07, 6.45) is 7.25. The summed E-state index contributed by atoms with van der Waals surface area (Å²) in [6, 6.07) is 0. The van der Waals surface area contributed by atoms with Gasteiger partial charge in [-0.2, -0.15) is 0 Å². The zero-order valence-electron chi connectivity index (χ0n) is 11.0. The molecule has 100 valence electrons. The Morgan fingerprint density at radius 1 is 1.22 bits per heavy atom. The number of nitrogens with zero attached hydrogens (tertiary/aromatic N) is 3. The number of hydrogen-bond acceptors (Lipinski definition) is 5. The Labute approximate surface area is 112 Å². The number of ether oxygens (including phenoxy) is 1. The molecule has 3 rings (SSSR count). The molecule has 1 aliphatic heterocycles. The van der Waals surface area contributed by atoms with Crippen molar-refractivity contribution in [1.29, 1.82) is 0 Å². The van der Waals surface area contributed by atoms with Crippen molar-refractivity contribution < 1.29 is 4.74 Å². The van der Waals surface area contributed by atoms with Crippen molar-refractivity contribution in [2.75, 3.05) is 24.6 Å². The lowest BCUT2D eigenvalue weighted by molar-refractivity contribution is -0.00921. The van der Waals surface area contributed by atoms with Gasteiger partial charge in [-0.15, -0.1) is 10.2 Å². The molecule has 2 heterocycles. The van der Waals surface area contributed by atoms with Crippen LogP contribution in [0.4, 0.5) is 5.13 Å². The normalized spacial score (nSPS) is 26.5. The van der Waals surface area contributed by atoms with Gasteiger partial charge in [-0.1, -0.05) is 30.6 Å². The molecular formula is C13H21N3OS. The van der Waals surface area contributed by atoms with Crippen molar-refractivity contribution in [3.8, 4) is 0 Å². The van der Waals surface area contributed by atoms with E-state index >= 15 is 0 Å². The Bertz CT molecular complexity index is 389. The number of morpholine rings is 1.